The molecule has 3 aromatic rings. The number of carbonyl (C=O) groups excluding carboxylic acids is 3. The first-order chi connectivity index (χ1) is 15.7. The summed E-state index contributed by atoms with van der Waals surface area (Å²) in [6.45, 7) is 1.62. The van der Waals surface area contributed by atoms with Crippen LogP contribution in [-0.4, -0.2) is 27.7 Å². The largest absolute Gasteiger partial charge is 0.422 e. The fourth-order valence-electron chi connectivity index (χ4n) is 3.65. The zero-order valence-corrected chi connectivity index (χ0v) is 18.2. The maximum Gasteiger partial charge on any atom is 0.355 e. The van der Waals surface area contributed by atoms with Crippen molar-refractivity contribution in [3.63, 3.8) is 0 Å². The van der Waals surface area contributed by atoms with Gasteiger partial charge in [-0.05, 0) is 55.2 Å². The molecule has 33 heavy (non-hydrogen) atoms. The predicted octanol–water partition coefficient (Wildman–Crippen LogP) is 3.35. The first kappa shape index (κ1) is 22.1. The molecule has 4 rings (SSSR count). The number of rotatable bonds is 6. The van der Waals surface area contributed by atoms with Crippen molar-refractivity contribution in [1.29, 1.82) is 0 Å². The number of nitrogens with zero attached hydrogens (tertiary/aromatic N) is 2. The fraction of sp³-hybridized carbons (Fsp3) is 0.182. The van der Waals surface area contributed by atoms with Crippen LogP contribution in [0.15, 0.2) is 42.5 Å². The Bertz CT molecular complexity index is 1280. The number of hydrogen-bond donors (Lipinski definition) is 2. The summed E-state index contributed by atoms with van der Waals surface area (Å²) < 4.78 is 5.48. The van der Waals surface area contributed by atoms with E-state index >= 15 is 0 Å². The van der Waals surface area contributed by atoms with Gasteiger partial charge in [0.2, 0.25) is 5.91 Å². The fourth-order valence-corrected chi connectivity index (χ4v) is 4.49. The summed E-state index contributed by atoms with van der Waals surface area (Å²) >= 11 is 0.961. The highest BCUT2D eigenvalue weighted by Gasteiger charge is 2.27. The van der Waals surface area contributed by atoms with Crippen molar-refractivity contribution >= 4 is 39.9 Å². The molecule has 1 heterocycles. The van der Waals surface area contributed by atoms with Crippen LogP contribution in [0.3, 0.4) is 0 Å². The monoisotopic (exact) mass is 466 g/mol. The minimum Gasteiger partial charge on any atom is -0.422 e. The summed E-state index contributed by atoms with van der Waals surface area (Å²) in [5, 5.41) is 13.5. The molecule has 0 fully saturated rings. The van der Waals surface area contributed by atoms with Gasteiger partial charge in [0, 0.05) is 17.7 Å². The Kier molecular flexibility index (Phi) is 5.88. The van der Waals surface area contributed by atoms with Crippen molar-refractivity contribution in [3.05, 3.63) is 79.8 Å². The zero-order valence-electron chi connectivity index (χ0n) is 17.4. The Balaban J connectivity index is 1.45. The van der Waals surface area contributed by atoms with E-state index in [2.05, 4.69) is 10.3 Å². The maximum atomic E-state index is 12.7. The van der Waals surface area contributed by atoms with E-state index in [4.69, 9.17) is 10.5 Å². The third kappa shape index (κ3) is 4.58. The molecule has 1 aliphatic rings. The summed E-state index contributed by atoms with van der Waals surface area (Å²) in [7, 11) is 0. The van der Waals surface area contributed by atoms with E-state index in [1.54, 1.807) is 25.1 Å². The van der Waals surface area contributed by atoms with Crippen molar-refractivity contribution in [2.24, 2.45) is 5.73 Å². The first-order valence-corrected chi connectivity index (χ1v) is 10.7. The maximum absolute atomic E-state index is 12.7. The molecular formula is C22H18N4O6S. The minimum absolute atomic E-state index is 0.127. The lowest BCUT2D eigenvalue weighted by Gasteiger charge is -2.08. The number of esters is 1. The molecule has 0 spiro atoms. The molecule has 3 N–H and O–H groups in total. The van der Waals surface area contributed by atoms with E-state index in [0.717, 1.165) is 22.5 Å². The minimum atomic E-state index is -0.620. The van der Waals surface area contributed by atoms with Gasteiger partial charge >= 0.3 is 5.97 Å². The van der Waals surface area contributed by atoms with Crippen molar-refractivity contribution in [2.75, 3.05) is 5.32 Å². The third-order valence-corrected chi connectivity index (χ3v) is 6.34. The van der Waals surface area contributed by atoms with Crippen LogP contribution in [0, 0.1) is 17.0 Å². The number of benzene rings is 2. The molecule has 0 radical (unpaired) electrons. The van der Waals surface area contributed by atoms with Crippen molar-refractivity contribution in [1.82, 2.24) is 4.98 Å². The molecule has 10 nitrogen and oxygen atoms in total. The van der Waals surface area contributed by atoms with Crippen LogP contribution < -0.4 is 15.8 Å². The summed E-state index contributed by atoms with van der Waals surface area (Å²) in [5.41, 5.74) is 7.68. The molecule has 1 unspecified atom stereocenters. The van der Waals surface area contributed by atoms with Crippen LogP contribution in [0.25, 0.3) is 0 Å². The average molecular weight is 466 g/mol. The lowest BCUT2D eigenvalue weighted by molar-refractivity contribution is -0.384. The number of primary amides is 1. The van der Waals surface area contributed by atoms with Gasteiger partial charge < -0.3 is 10.5 Å². The van der Waals surface area contributed by atoms with Crippen LogP contribution in [0.2, 0.25) is 0 Å². The Morgan fingerprint density at radius 1 is 1.21 bits per heavy atom. The number of hydrogen-bond acceptors (Lipinski definition) is 8. The van der Waals surface area contributed by atoms with Gasteiger partial charge in [0.25, 0.3) is 11.6 Å². The smallest absolute Gasteiger partial charge is 0.355 e. The Labute approximate surface area is 191 Å². The number of nitro benzene ring substituents is 1. The van der Waals surface area contributed by atoms with E-state index in [9.17, 15) is 24.5 Å². The molecular weight excluding hydrogens is 448 g/mol. The summed E-state index contributed by atoms with van der Waals surface area (Å²) in [4.78, 5) is 51.2. The number of non-ortho nitro benzene ring substituents is 1. The second-order valence-corrected chi connectivity index (χ2v) is 8.43. The molecule has 1 aliphatic carbocycles. The van der Waals surface area contributed by atoms with E-state index in [-0.39, 0.29) is 33.1 Å². The van der Waals surface area contributed by atoms with E-state index < -0.39 is 16.8 Å². The van der Waals surface area contributed by atoms with Gasteiger partial charge in [0.05, 0.1) is 16.5 Å². The highest BCUT2D eigenvalue weighted by atomic mass is 32.1. The van der Waals surface area contributed by atoms with E-state index in [1.807, 2.05) is 0 Å². The van der Waals surface area contributed by atoms with Crippen LogP contribution in [0.5, 0.6) is 5.75 Å². The molecule has 2 amide bonds. The summed E-state index contributed by atoms with van der Waals surface area (Å²) in [6.07, 6.45) is 1.31. The second-order valence-electron chi connectivity index (χ2n) is 7.44. The predicted molar refractivity (Wildman–Crippen MR) is 120 cm³/mol. The van der Waals surface area contributed by atoms with Crippen LogP contribution in [0.1, 0.15) is 49.2 Å². The van der Waals surface area contributed by atoms with Crippen molar-refractivity contribution in [2.45, 2.75) is 25.7 Å². The highest BCUT2D eigenvalue weighted by molar-refractivity contribution is 7.17. The molecule has 1 atom stereocenters. The molecule has 0 bridgehead atoms. The van der Waals surface area contributed by atoms with Crippen molar-refractivity contribution < 1.29 is 24.0 Å². The van der Waals surface area contributed by atoms with Gasteiger partial charge in [-0.15, -0.1) is 0 Å². The number of amides is 2. The molecule has 0 saturated carbocycles. The highest BCUT2D eigenvalue weighted by Crippen LogP contribution is 2.35. The molecule has 2 aromatic carbocycles. The number of thiazole rings is 1. The quantitative estimate of drug-likeness (QED) is 0.244. The Morgan fingerprint density at radius 3 is 2.61 bits per heavy atom. The van der Waals surface area contributed by atoms with Crippen LogP contribution >= 0.6 is 11.3 Å². The van der Waals surface area contributed by atoms with Gasteiger partial charge in [0.1, 0.15) is 10.6 Å². The second kappa shape index (κ2) is 8.79. The summed E-state index contributed by atoms with van der Waals surface area (Å²) in [6, 6.07) is 10.2. The number of aromatic nitrogens is 1. The van der Waals surface area contributed by atoms with Gasteiger partial charge in [-0.3, -0.25) is 25.0 Å². The number of nitro groups is 1. The van der Waals surface area contributed by atoms with E-state index in [0.29, 0.717) is 24.3 Å². The first-order valence-electron chi connectivity index (χ1n) is 9.90. The summed E-state index contributed by atoms with van der Waals surface area (Å²) in [5.74, 6) is -1.49. The van der Waals surface area contributed by atoms with Crippen molar-refractivity contribution in [3.8, 4) is 5.75 Å². The van der Waals surface area contributed by atoms with Gasteiger partial charge in [-0.25, -0.2) is 9.78 Å². The lowest BCUT2D eigenvalue weighted by atomic mass is 10.0. The number of nitrogens with one attached hydrogen (secondary N) is 1. The molecule has 168 valence electrons. The molecule has 11 heteroatoms. The number of ether oxygens (including phenoxy) is 1. The number of fused-ring (bicyclic) bond motifs is 1. The third-order valence-electron chi connectivity index (χ3n) is 5.29. The van der Waals surface area contributed by atoms with Gasteiger partial charge in [-0.2, -0.15) is 0 Å². The normalized spacial score (nSPS) is 14.4. The molecule has 0 saturated heterocycles. The number of carbonyl (C=O) groups is 3. The standard InChI is InChI=1S/C22H18N4O6S/c1-11-18(21(29)32-15-7-9-16-13(10-15)4-8-17(16)19(23)27)33-22(24-11)25-20(28)12-2-5-14(6-3-12)26(30)31/h2-3,5-7,9-10,17H,4,8H2,1H3,(H2,23,27)(H,24,25,28). The topological polar surface area (TPSA) is 155 Å². The van der Waals surface area contributed by atoms with Crippen LogP contribution in [-0.2, 0) is 11.2 Å². The SMILES string of the molecule is Cc1nc(NC(=O)c2ccc([N+](=O)[O-])cc2)sc1C(=O)Oc1ccc2c(c1)CCC2C(N)=O. The number of anilines is 1. The van der Waals surface area contributed by atoms with E-state index in [1.165, 1.54) is 24.3 Å². The van der Waals surface area contributed by atoms with Crippen LogP contribution in [0.4, 0.5) is 10.8 Å². The van der Waals surface area contributed by atoms with Gasteiger partial charge in [-0.1, -0.05) is 17.4 Å². The Hall–Kier alpha value is -4.12. The zero-order chi connectivity index (χ0) is 23.7. The number of aryl methyl sites for hydroxylation is 2. The Morgan fingerprint density at radius 2 is 1.94 bits per heavy atom. The van der Waals surface area contributed by atoms with Gasteiger partial charge in [0.15, 0.2) is 5.13 Å². The lowest BCUT2D eigenvalue weighted by Crippen LogP contribution is -2.19. The number of nitrogens with two attached hydrogens (primary N) is 1. The average Bonchev–Trinajstić information content (AvgIpc) is 3.36. The molecule has 1 aromatic heterocycles. The molecule has 0 aliphatic heterocycles.